The molecule has 1 aromatic heterocycles. The molecule has 0 aliphatic heterocycles. The number of nitrogens with one attached hydrogen (secondary N) is 1. The number of benzene rings is 1. The van der Waals surface area contributed by atoms with Gasteiger partial charge in [-0.1, -0.05) is 6.07 Å². The van der Waals surface area contributed by atoms with Gasteiger partial charge in [-0.05, 0) is 50.1 Å². The van der Waals surface area contributed by atoms with Crippen molar-refractivity contribution in [1.29, 1.82) is 5.26 Å². The van der Waals surface area contributed by atoms with Crippen molar-refractivity contribution in [2.24, 2.45) is 0 Å². The summed E-state index contributed by atoms with van der Waals surface area (Å²) in [4.78, 5) is 25.8. The normalized spacial score (nSPS) is 10.8. The molecule has 0 spiro atoms. The van der Waals surface area contributed by atoms with Gasteiger partial charge in [-0.25, -0.2) is 4.79 Å². The van der Waals surface area contributed by atoms with Crippen molar-refractivity contribution in [2.45, 2.75) is 20.8 Å². The Morgan fingerprint density at radius 1 is 1.21 bits per heavy atom. The fourth-order valence-corrected chi connectivity index (χ4v) is 3.64. The summed E-state index contributed by atoms with van der Waals surface area (Å²) in [6.45, 7) is 5.58. The molecule has 0 bridgehead atoms. The summed E-state index contributed by atoms with van der Waals surface area (Å²) < 4.78 is 15.5. The third-order valence-electron chi connectivity index (χ3n) is 4.18. The van der Waals surface area contributed by atoms with Crippen LogP contribution in [0.2, 0.25) is 0 Å². The van der Waals surface area contributed by atoms with E-state index < -0.39 is 11.9 Å². The second-order valence-electron chi connectivity index (χ2n) is 5.95. The number of carbonyl (C=O) groups excluding carboxylic acids is 2. The highest BCUT2D eigenvalue weighted by Crippen LogP contribution is 2.33. The van der Waals surface area contributed by atoms with Crippen LogP contribution in [0.3, 0.4) is 0 Å². The maximum absolute atomic E-state index is 12.7. The van der Waals surface area contributed by atoms with E-state index in [1.165, 1.54) is 31.6 Å². The largest absolute Gasteiger partial charge is 0.493 e. The number of rotatable bonds is 7. The van der Waals surface area contributed by atoms with E-state index in [1.54, 1.807) is 32.0 Å². The van der Waals surface area contributed by atoms with E-state index in [2.05, 4.69) is 5.32 Å². The molecular formula is C21H22N2O5S. The first kappa shape index (κ1) is 22.0. The van der Waals surface area contributed by atoms with Gasteiger partial charge in [0.1, 0.15) is 16.6 Å². The van der Waals surface area contributed by atoms with Gasteiger partial charge in [0.2, 0.25) is 0 Å². The number of anilines is 1. The second-order valence-corrected chi connectivity index (χ2v) is 7.17. The van der Waals surface area contributed by atoms with Gasteiger partial charge in [0.25, 0.3) is 5.91 Å². The minimum atomic E-state index is -0.617. The number of hydrogen-bond donors (Lipinski definition) is 1. The molecule has 0 aliphatic rings. The lowest BCUT2D eigenvalue weighted by atomic mass is 10.1. The highest BCUT2D eigenvalue weighted by atomic mass is 32.1. The van der Waals surface area contributed by atoms with Gasteiger partial charge in [0, 0.05) is 4.88 Å². The Morgan fingerprint density at radius 3 is 2.48 bits per heavy atom. The number of amides is 1. The molecule has 1 amide bonds. The van der Waals surface area contributed by atoms with Crippen LogP contribution in [0.5, 0.6) is 11.5 Å². The Balaban J connectivity index is 2.34. The number of methoxy groups -OCH3 is 2. The summed E-state index contributed by atoms with van der Waals surface area (Å²) in [6, 6.07) is 6.94. The van der Waals surface area contributed by atoms with Crippen molar-refractivity contribution in [3.63, 3.8) is 0 Å². The van der Waals surface area contributed by atoms with Crippen LogP contribution >= 0.6 is 11.3 Å². The van der Waals surface area contributed by atoms with Crippen LogP contribution in [0.1, 0.15) is 33.3 Å². The van der Waals surface area contributed by atoms with Gasteiger partial charge in [-0.3, -0.25) is 4.79 Å². The molecule has 0 unspecified atom stereocenters. The molecule has 8 heteroatoms. The van der Waals surface area contributed by atoms with Crippen molar-refractivity contribution in [2.75, 3.05) is 26.1 Å². The SMILES string of the molecule is CCOC(=O)c1c(NC(=O)C(C#N)=Cc2ccc(OC)c(OC)c2)sc(C)c1C. The van der Waals surface area contributed by atoms with Crippen molar-refractivity contribution < 1.29 is 23.8 Å². The van der Waals surface area contributed by atoms with Crippen LogP contribution < -0.4 is 14.8 Å². The third kappa shape index (κ3) is 4.95. The lowest BCUT2D eigenvalue weighted by Gasteiger charge is -2.08. The molecule has 0 saturated heterocycles. The maximum Gasteiger partial charge on any atom is 0.341 e. The number of esters is 1. The first-order valence-electron chi connectivity index (χ1n) is 8.78. The van der Waals surface area contributed by atoms with E-state index in [1.807, 2.05) is 13.0 Å². The minimum absolute atomic E-state index is 0.115. The third-order valence-corrected chi connectivity index (χ3v) is 5.30. The molecule has 1 N–H and O–H groups in total. The Bertz CT molecular complexity index is 1000. The Kier molecular flexibility index (Phi) is 7.39. The predicted molar refractivity (Wildman–Crippen MR) is 112 cm³/mol. The van der Waals surface area contributed by atoms with Gasteiger partial charge in [0.15, 0.2) is 11.5 Å². The molecule has 1 heterocycles. The molecule has 0 saturated carbocycles. The van der Waals surface area contributed by atoms with Crippen LogP contribution in [0.4, 0.5) is 5.00 Å². The van der Waals surface area contributed by atoms with E-state index in [0.717, 1.165) is 10.4 Å². The van der Waals surface area contributed by atoms with Gasteiger partial charge in [-0.2, -0.15) is 5.26 Å². The van der Waals surface area contributed by atoms with E-state index in [0.29, 0.717) is 27.6 Å². The molecule has 0 aliphatic carbocycles. The fourth-order valence-electron chi connectivity index (χ4n) is 2.59. The average molecular weight is 414 g/mol. The quantitative estimate of drug-likeness (QED) is 0.416. The molecule has 0 radical (unpaired) electrons. The summed E-state index contributed by atoms with van der Waals surface area (Å²) in [5, 5.41) is 12.5. The number of aryl methyl sites for hydroxylation is 1. The van der Waals surface area contributed by atoms with Crippen LogP contribution in [-0.4, -0.2) is 32.7 Å². The van der Waals surface area contributed by atoms with Gasteiger partial charge >= 0.3 is 5.97 Å². The van der Waals surface area contributed by atoms with Gasteiger partial charge in [0.05, 0.1) is 26.4 Å². The summed E-state index contributed by atoms with van der Waals surface area (Å²) in [5.74, 6) is -0.106. The molecule has 0 atom stereocenters. The fraction of sp³-hybridized carbons (Fsp3) is 0.286. The first-order chi connectivity index (χ1) is 13.9. The summed E-state index contributed by atoms with van der Waals surface area (Å²) >= 11 is 1.26. The average Bonchev–Trinajstić information content (AvgIpc) is 2.99. The molecule has 152 valence electrons. The monoisotopic (exact) mass is 414 g/mol. The van der Waals surface area contributed by atoms with E-state index in [4.69, 9.17) is 14.2 Å². The summed E-state index contributed by atoms with van der Waals surface area (Å²) in [5.41, 5.74) is 1.53. The molecule has 2 aromatic rings. The maximum atomic E-state index is 12.7. The Labute approximate surface area is 173 Å². The smallest absolute Gasteiger partial charge is 0.341 e. The van der Waals surface area contributed by atoms with Gasteiger partial charge < -0.3 is 19.5 Å². The second kappa shape index (κ2) is 9.75. The lowest BCUT2D eigenvalue weighted by molar-refractivity contribution is -0.112. The van der Waals surface area contributed by atoms with Crippen molar-refractivity contribution in [3.8, 4) is 17.6 Å². The molecule has 0 fully saturated rings. The minimum Gasteiger partial charge on any atom is -0.493 e. The number of nitriles is 1. The Hall–Kier alpha value is -3.31. The number of nitrogens with zero attached hydrogens (tertiary/aromatic N) is 1. The molecular weight excluding hydrogens is 392 g/mol. The predicted octanol–water partition coefficient (Wildman–Crippen LogP) is 4.10. The van der Waals surface area contributed by atoms with E-state index in [9.17, 15) is 14.9 Å². The molecule has 29 heavy (non-hydrogen) atoms. The molecule has 1 aromatic carbocycles. The van der Waals surface area contributed by atoms with E-state index >= 15 is 0 Å². The first-order valence-corrected chi connectivity index (χ1v) is 9.60. The number of thiophene rings is 1. The van der Waals surface area contributed by atoms with Crippen LogP contribution in [0.25, 0.3) is 6.08 Å². The Morgan fingerprint density at radius 2 is 1.90 bits per heavy atom. The molecule has 2 rings (SSSR count). The van der Waals surface area contributed by atoms with Gasteiger partial charge in [-0.15, -0.1) is 11.3 Å². The summed E-state index contributed by atoms with van der Waals surface area (Å²) in [7, 11) is 3.02. The number of carbonyl (C=O) groups is 2. The highest BCUT2D eigenvalue weighted by molar-refractivity contribution is 7.16. The highest BCUT2D eigenvalue weighted by Gasteiger charge is 2.23. The molecule has 7 nitrogen and oxygen atoms in total. The van der Waals surface area contributed by atoms with Crippen LogP contribution in [-0.2, 0) is 9.53 Å². The van der Waals surface area contributed by atoms with Crippen molar-refractivity contribution >= 4 is 34.3 Å². The van der Waals surface area contributed by atoms with Crippen molar-refractivity contribution in [3.05, 3.63) is 45.3 Å². The standard InChI is InChI=1S/C21H22N2O5S/c1-6-28-21(25)18-12(2)13(3)29-20(18)23-19(24)15(11-22)9-14-7-8-16(26-4)17(10-14)27-5/h7-10H,6H2,1-5H3,(H,23,24). The zero-order valence-corrected chi connectivity index (χ0v) is 17.7. The van der Waals surface area contributed by atoms with Crippen LogP contribution in [0, 0.1) is 25.2 Å². The number of ether oxygens (including phenoxy) is 3. The van der Waals surface area contributed by atoms with E-state index in [-0.39, 0.29) is 12.2 Å². The topological polar surface area (TPSA) is 97.7 Å². The zero-order chi connectivity index (χ0) is 21.6. The lowest BCUT2D eigenvalue weighted by Crippen LogP contribution is -2.16. The van der Waals surface area contributed by atoms with Crippen molar-refractivity contribution in [1.82, 2.24) is 0 Å². The number of hydrogen-bond acceptors (Lipinski definition) is 7. The van der Waals surface area contributed by atoms with Crippen LogP contribution in [0.15, 0.2) is 23.8 Å². The summed E-state index contributed by atoms with van der Waals surface area (Å²) in [6.07, 6.45) is 1.44. The zero-order valence-electron chi connectivity index (χ0n) is 16.9.